The zero-order chi connectivity index (χ0) is 13.9. The molecular weight excluding hydrogens is 234 g/mol. The third-order valence-electron chi connectivity index (χ3n) is 4.06. The minimum absolute atomic E-state index is 0.184. The van der Waals surface area contributed by atoms with Crippen molar-refractivity contribution in [3.8, 4) is 6.07 Å². The van der Waals surface area contributed by atoms with Crippen molar-refractivity contribution in [2.24, 2.45) is 17.1 Å². The fourth-order valence-electron chi connectivity index (χ4n) is 2.44. The first-order valence-electron chi connectivity index (χ1n) is 7.34. The van der Waals surface area contributed by atoms with Crippen molar-refractivity contribution in [3.05, 3.63) is 24.0 Å². The predicted molar refractivity (Wildman–Crippen MR) is 77.3 cm³/mol. The molecular formula is C16H25N3. The Labute approximate surface area is 116 Å². The summed E-state index contributed by atoms with van der Waals surface area (Å²) in [5, 5.41) is 8.96. The number of nitriles is 1. The van der Waals surface area contributed by atoms with Crippen LogP contribution in [0.2, 0.25) is 0 Å². The van der Waals surface area contributed by atoms with Gasteiger partial charge >= 0.3 is 0 Å². The van der Waals surface area contributed by atoms with Crippen LogP contribution in [0.25, 0.3) is 0 Å². The predicted octanol–water partition coefficient (Wildman–Crippen LogP) is 3.62. The van der Waals surface area contributed by atoms with Gasteiger partial charge in [0.05, 0.1) is 11.5 Å². The van der Waals surface area contributed by atoms with E-state index in [-0.39, 0.29) is 11.5 Å². The van der Waals surface area contributed by atoms with E-state index in [9.17, 15) is 0 Å². The van der Waals surface area contributed by atoms with Gasteiger partial charge in [0, 0.05) is 25.0 Å². The van der Waals surface area contributed by atoms with Crippen LogP contribution in [0.5, 0.6) is 0 Å². The number of rotatable bonds is 7. The normalized spacial score (nSPS) is 17.2. The number of hydrogen-bond acceptors (Lipinski definition) is 2. The highest BCUT2D eigenvalue weighted by atomic mass is 14.9. The van der Waals surface area contributed by atoms with Crippen molar-refractivity contribution in [2.75, 3.05) is 0 Å². The first kappa shape index (κ1) is 14.1. The lowest BCUT2D eigenvalue weighted by molar-refractivity contribution is 0.417. The molecule has 1 atom stereocenters. The summed E-state index contributed by atoms with van der Waals surface area (Å²) in [7, 11) is 0. The van der Waals surface area contributed by atoms with Crippen molar-refractivity contribution < 1.29 is 0 Å². The fraction of sp³-hybridized carbons (Fsp3) is 0.688. The molecule has 0 aliphatic heterocycles. The molecule has 1 aromatic rings. The molecule has 0 aromatic carbocycles. The number of unbranched alkanes of at least 4 members (excludes halogenated alkanes) is 1. The second kappa shape index (κ2) is 5.79. The van der Waals surface area contributed by atoms with Crippen LogP contribution in [0.15, 0.2) is 18.5 Å². The highest BCUT2D eigenvalue weighted by Gasteiger charge is 2.29. The Morgan fingerprint density at radius 3 is 2.84 bits per heavy atom. The summed E-state index contributed by atoms with van der Waals surface area (Å²) in [5.41, 5.74) is 7.29. The number of nitrogens with two attached hydrogens (primary N) is 1. The second-order valence-electron chi connectivity index (χ2n) is 6.50. The van der Waals surface area contributed by atoms with Gasteiger partial charge in [0.2, 0.25) is 0 Å². The molecule has 1 fully saturated rings. The molecule has 0 saturated heterocycles. The molecule has 1 saturated carbocycles. The number of hydrogen-bond donors (Lipinski definition) is 1. The van der Waals surface area contributed by atoms with Gasteiger partial charge in [-0.1, -0.05) is 6.42 Å². The lowest BCUT2D eigenvalue weighted by Crippen LogP contribution is -2.11. The van der Waals surface area contributed by atoms with Crippen molar-refractivity contribution >= 4 is 0 Å². The standard InChI is InChI=1S/C16H25N3/c1-16(2,12-17)8-3-4-9-19-10-7-14(11-19)15(18)13-5-6-13/h7,10-11,13,15H,3-6,8-9,18H2,1-2H3. The molecule has 1 aromatic heterocycles. The first-order valence-corrected chi connectivity index (χ1v) is 7.34. The maximum absolute atomic E-state index is 8.96. The Balaban J connectivity index is 1.73. The van der Waals surface area contributed by atoms with Crippen LogP contribution in [0.3, 0.4) is 0 Å². The molecule has 0 bridgehead atoms. The topological polar surface area (TPSA) is 54.7 Å². The monoisotopic (exact) mass is 259 g/mol. The van der Waals surface area contributed by atoms with E-state index in [0.29, 0.717) is 5.92 Å². The third-order valence-corrected chi connectivity index (χ3v) is 4.06. The van der Waals surface area contributed by atoms with E-state index >= 15 is 0 Å². The number of nitrogens with zero attached hydrogens (tertiary/aromatic N) is 2. The molecule has 0 radical (unpaired) electrons. The lowest BCUT2D eigenvalue weighted by atomic mass is 9.89. The highest BCUT2D eigenvalue weighted by Crippen LogP contribution is 2.39. The van der Waals surface area contributed by atoms with Crippen molar-refractivity contribution in [3.63, 3.8) is 0 Å². The fourth-order valence-corrected chi connectivity index (χ4v) is 2.44. The Morgan fingerprint density at radius 1 is 1.47 bits per heavy atom. The minimum Gasteiger partial charge on any atom is -0.354 e. The van der Waals surface area contributed by atoms with Gasteiger partial charge in [0.1, 0.15) is 0 Å². The van der Waals surface area contributed by atoms with Crippen molar-refractivity contribution in [1.29, 1.82) is 5.26 Å². The molecule has 2 N–H and O–H groups in total. The van der Waals surface area contributed by atoms with E-state index in [1.807, 2.05) is 13.8 Å². The average molecular weight is 259 g/mol. The molecule has 3 nitrogen and oxygen atoms in total. The van der Waals surface area contributed by atoms with Gasteiger partial charge in [-0.2, -0.15) is 5.26 Å². The van der Waals surface area contributed by atoms with E-state index in [4.69, 9.17) is 11.0 Å². The quantitative estimate of drug-likeness (QED) is 0.760. The number of aryl methyl sites for hydroxylation is 1. The largest absolute Gasteiger partial charge is 0.354 e. The molecule has 1 aliphatic carbocycles. The molecule has 3 heteroatoms. The van der Waals surface area contributed by atoms with Crippen LogP contribution in [-0.4, -0.2) is 4.57 Å². The summed E-state index contributed by atoms with van der Waals surface area (Å²) in [5.74, 6) is 0.715. The van der Waals surface area contributed by atoms with E-state index < -0.39 is 0 Å². The summed E-state index contributed by atoms with van der Waals surface area (Å²) in [6, 6.07) is 4.75. The van der Waals surface area contributed by atoms with Crippen LogP contribution in [0, 0.1) is 22.7 Å². The van der Waals surface area contributed by atoms with Crippen LogP contribution in [-0.2, 0) is 6.54 Å². The first-order chi connectivity index (χ1) is 9.02. The van der Waals surface area contributed by atoms with Crippen LogP contribution < -0.4 is 5.73 Å². The smallest absolute Gasteiger partial charge is 0.0683 e. The SMILES string of the molecule is CC(C)(C#N)CCCCn1ccc(C(N)C2CC2)c1. The zero-order valence-corrected chi connectivity index (χ0v) is 12.1. The van der Waals surface area contributed by atoms with Crippen molar-refractivity contribution in [1.82, 2.24) is 4.57 Å². The molecule has 104 valence electrons. The van der Waals surface area contributed by atoms with Gasteiger partial charge in [0.25, 0.3) is 0 Å². The maximum atomic E-state index is 8.96. The van der Waals surface area contributed by atoms with Gasteiger partial charge in [0.15, 0.2) is 0 Å². The van der Waals surface area contributed by atoms with Crippen LogP contribution in [0.4, 0.5) is 0 Å². The summed E-state index contributed by atoms with van der Waals surface area (Å²) >= 11 is 0. The van der Waals surface area contributed by atoms with E-state index in [1.165, 1.54) is 18.4 Å². The Hall–Kier alpha value is -1.27. The van der Waals surface area contributed by atoms with Gasteiger partial charge in [-0.25, -0.2) is 0 Å². The summed E-state index contributed by atoms with van der Waals surface area (Å²) < 4.78 is 2.23. The Kier molecular flexibility index (Phi) is 4.31. The van der Waals surface area contributed by atoms with Gasteiger partial charge < -0.3 is 10.3 Å². The van der Waals surface area contributed by atoms with Crippen molar-refractivity contribution in [2.45, 2.75) is 58.5 Å². The Bertz CT molecular complexity index is 449. The van der Waals surface area contributed by atoms with E-state index in [2.05, 4.69) is 29.1 Å². The average Bonchev–Trinajstić information content (AvgIpc) is 3.13. The second-order valence-corrected chi connectivity index (χ2v) is 6.50. The molecule has 19 heavy (non-hydrogen) atoms. The molecule has 0 amide bonds. The van der Waals surface area contributed by atoms with Gasteiger partial charge in [-0.15, -0.1) is 0 Å². The van der Waals surface area contributed by atoms with Crippen LogP contribution in [0.1, 0.15) is 57.6 Å². The molecule has 1 heterocycles. The molecule has 0 spiro atoms. The summed E-state index contributed by atoms with van der Waals surface area (Å²) in [6.45, 7) is 5.05. The minimum atomic E-state index is -0.184. The van der Waals surface area contributed by atoms with Crippen LogP contribution >= 0.6 is 0 Å². The summed E-state index contributed by atoms with van der Waals surface area (Å²) in [4.78, 5) is 0. The molecule has 2 rings (SSSR count). The molecule has 1 aliphatic rings. The third kappa shape index (κ3) is 4.11. The van der Waals surface area contributed by atoms with E-state index in [1.54, 1.807) is 0 Å². The zero-order valence-electron chi connectivity index (χ0n) is 12.1. The van der Waals surface area contributed by atoms with Gasteiger partial charge in [-0.3, -0.25) is 0 Å². The maximum Gasteiger partial charge on any atom is 0.0683 e. The molecule has 1 unspecified atom stereocenters. The van der Waals surface area contributed by atoms with E-state index in [0.717, 1.165) is 25.8 Å². The Morgan fingerprint density at radius 2 is 2.21 bits per heavy atom. The number of aromatic nitrogens is 1. The lowest BCUT2D eigenvalue weighted by Gasteiger charge is -2.14. The van der Waals surface area contributed by atoms with Gasteiger partial charge in [-0.05, 0) is 57.1 Å². The highest BCUT2D eigenvalue weighted by molar-refractivity contribution is 5.17. The summed E-state index contributed by atoms with van der Waals surface area (Å²) in [6.07, 6.45) is 10.1.